The minimum absolute atomic E-state index is 0.00390. The molecule has 1 aromatic heterocycles. The number of amides is 1. The van der Waals surface area contributed by atoms with Gasteiger partial charge < -0.3 is 9.88 Å². The number of aromatic nitrogens is 1. The van der Waals surface area contributed by atoms with E-state index in [2.05, 4.69) is 5.32 Å². The van der Waals surface area contributed by atoms with Gasteiger partial charge in [0.15, 0.2) is 9.84 Å². The van der Waals surface area contributed by atoms with Crippen LogP contribution in [0, 0.1) is 6.92 Å². The second-order valence-corrected chi connectivity index (χ2v) is 9.77. The van der Waals surface area contributed by atoms with E-state index in [0.29, 0.717) is 27.2 Å². The molecule has 1 heterocycles. The van der Waals surface area contributed by atoms with Crippen LogP contribution in [-0.2, 0) is 26.9 Å². The van der Waals surface area contributed by atoms with E-state index in [0.717, 1.165) is 5.56 Å². The van der Waals surface area contributed by atoms with Gasteiger partial charge in [-0.3, -0.25) is 4.79 Å². The number of fused-ring (bicyclic) bond motifs is 1. The molecule has 0 atom stereocenters. The molecule has 0 saturated carbocycles. The Hall–Kier alpha value is -3.09. The molecular weight excluding hydrogens is 432 g/mol. The van der Waals surface area contributed by atoms with Crippen LogP contribution in [0.4, 0.5) is 5.69 Å². The number of para-hydroxylation sites is 1. The molecule has 0 unspecified atom stereocenters. The van der Waals surface area contributed by atoms with E-state index in [9.17, 15) is 13.2 Å². The number of aryl methyl sites for hydroxylation is 1. The van der Waals surface area contributed by atoms with Crippen LogP contribution in [0.3, 0.4) is 0 Å². The predicted molar refractivity (Wildman–Crippen MR) is 124 cm³/mol. The third-order valence-electron chi connectivity index (χ3n) is 5.01. The largest absolute Gasteiger partial charge is 0.337 e. The highest BCUT2D eigenvalue weighted by molar-refractivity contribution is 7.90. The molecule has 0 aliphatic rings. The number of nitrogens with zero attached hydrogens (tertiary/aromatic N) is 1. The van der Waals surface area contributed by atoms with Gasteiger partial charge in [-0.05, 0) is 42.3 Å². The van der Waals surface area contributed by atoms with Crippen LogP contribution in [0.2, 0.25) is 5.02 Å². The van der Waals surface area contributed by atoms with Crippen molar-refractivity contribution < 1.29 is 13.2 Å². The Labute approximate surface area is 186 Å². The van der Waals surface area contributed by atoms with Crippen molar-refractivity contribution in [3.05, 3.63) is 95.1 Å². The topological polar surface area (TPSA) is 68.2 Å². The average Bonchev–Trinajstić information content (AvgIpc) is 3.09. The van der Waals surface area contributed by atoms with Crippen LogP contribution in [0.15, 0.2) is 83.9 Å². The molecule has 3 aromatic carbocycles. The van der Waals surface area contributed by atoms with Crippen molar-refractivity contribution in [2.75, 3.05) is 5.32 Å². The molecule has 4 aromatic rings. The van der Waals surface area contributed by atoms with Crippen molar-refractivity contribution in [3.8, 4) is 0 Å². The van der Waals surface area contributed by atoms with Crippen molar-refractivity contribution in [1.29, 1.82) is 0 Å². The Morgan fingerprint density at radius 3 is 2.52 bits per heavy atom. The number of anilines is 1. The molecule has 7 heteroatoms. The van der Waals surface area contributed by atoms with Crippen LogP contribution in [0.5, 0.6) is 0 Å². The van der Waals surface area contributed by atoms with Gasteiger partial charge in [0.1, 0.15) is 6.54 Å². The Morgan fingerprint density at radius 1 is 1.00 bits per heavy atom. The summed E-state index contributed by atoms with van der Waals surface area (Å²) in [6, 6.07) is 21.6. The number of halogens is 1. The number of carbonyl (C=O) groups is 1. The van der Waals surface area contributed by atoms with Crippen LogP contribution in [0.1, 0.15) is 11.1 Å². The van der Waals surface area contributed by atoms with Gasteiger partial charge in [0, 0.05) is 27.8 Å². The molecule has 0 aliphatic carbocycles. The first-order valence-corrected chi connectivity index (χ1v) is 11.8. The fraction of sp³-hybridized carbons (Fsp3) is 0.125. The summed E-state index contributed by atoms with van der Waals surface area (Å²) < 4.78 is 28.1. The molecule has 31 heavy (non-hydrogen) atoms. The lowest BCUT2D eigenvalue weighted by atomic mass is 10.2. The molecule has 0 aliphatic heterocycles. The van der Waals surface area contributed by atoms with Gasteiger partial charge in [0.05, 0.1) is 10.6 Å². The molecule has 5 nitrogen and oxygen atoms in total. The van der Waals surface area contributed by atoms with E-state index in [1.807, 2.05) is 43.3 Å². The first-order valence-electron chi connectivity index (χ1n) is 9.74. The monoisotopic (exact) mass is 452 g/mol. The average molecular weight is 453 g/mol. The first-order chi connectivity index (χ1) is 14.8. The minimum Gasteiger partial charge on any atom is -0.337 e. The Balaban J connectivity index is 1.66. The zero-order chi connectivity index (χ0) is 22.0. The van der Waals surface area contributed by atoms with Crippen molar-refractivity contribution in [2.24, 2.45) is 0 Å². The summed E-state index contributed by atoms with van der Waals surface area (Å²) >= 11 is 6.18. The second kappa shape index (κ2) is 8.57. The Kier molecular flexibility index (Phi) is 5.85. The van der Waals surface area contributed by atoms with Gasteiger partial charge in [-0.15, -0.1) is 0 Å². The summed E-state index contributed by atoms with van der Waals surface area (Å²) in [6.07, 6.45) is 1.53. The molecule has 0 bridgehead atoms. The predicted octanol–water partition coefficient (Wildman–Crippen LogP) is 5.22. The molecule has 158 valence electrons. The highest BCUT2D eigenvalue weighted by atomic mass is 35.5. The first kappa shape index (κ1) is 21.2. The zero-order valence-corrected chi connectivity index (χ0v) is 18.5. The maximum Gasteiger partial charge on any atom is 0.244 e. The fourth-order valence-corrected chi connectivity index (χ4v) is 5.46. The quantitative estimate of drug-likeness (QED) is 0.436. The van der Waals surface area contributed by atoms with Crippen LogP contribution >= 0.6 is 11.6 Å². The number of sulfone groups is 1. The van der Waals surface area contributed by atoms with Gasteiger partial charge in [0.25, 0.3) is 0 Å². The number of nitrogens with one attached hydrogen (secondary N) is 1. The summed E-state index contributed by atoms with van der Waals surface area (Å²) in [7, 11) is -3.68. The number of carbonyl (C=O) groups excluding carboxylic acids is 1. The third-order valence-corrected chi connectivity index (χ3v) is 7.06. The van der Waals surface area contributed by atoms with Crippen LogP contribution in [-0.4, -0.2) is 18.9 Å². The minimum atomic E-state index is -3.68. The molecule has 1 N–H and O–H groups in total. The SMILES string of the molecule is Cc1cccc(NC(=O)Cn2cc(S(=O)(=O)Cc3ccccc3Cl)c3ccccc32)c1. The van der Waals surface area contributed by atoms with Gasteiger partial charge in [0.2, 0.25) is 5.91 Å². The standard InChI is InChI=1S/C24H21ClN2O3S/c1-17-7-6-9-19(13-17)26-24(28)15-27-14-23(20-10-3-5-12-22(20)27)31(29,30)16-18-8-2-4-11-21(18)25/h2-14H,15-16H2,1H3,(H,26,28). The van der Waals surface area contributed by atoms with Crippen molar-refractivity contribution in [1.82, 2.24) is 4.57 Å². The van der Waals surface area contributed by atoms with Crippen molar-refractivity contribution in [2.45, 2.75) is 24.1 Å². The third kappa shape index (κ3) is 4.65. The summed E-state index contributed by atoms with van der Waals surface area (Å²) in [5.74, 6) is -0.447. The van der Waals surface area contributed by atoms with E-state index in [4.69, 9.17) is 11.6 Å². The van der Waals surface area contributed by atoms with E-state index >= 15 is 0 Å². The smallest absolute Gasteiger partial charge is 0.244 e. The van der Waals surface area contributed by atoms with Gasteiger partial charge in [-0.25, -0.2) is 8.42 Å². The van der Waals surface area contributed by atoms with Crippen LogP contribution < -0.4 is 5.32 Å². The number of rotatable bonds is 6. The normalized spacial score (nSPS) is 11.5. The molecule has 1 amide bonds. The molecule has 0 saturated heterocycles. The van der Waals surface area contributed by atoms with E-state index in [1.54, 1.807) is 41.0 Å². The molecular formula is C24H21ClN2O3S. The van der Waals surface area contributed by atoms with E-state index in [1.165, 1.54) is 6.20 Å². The lowest BCUT2D eigenvalue weighted by molar-refractivity contribution is -0.116. The van der Waals surface area contributed by atoms with E-state index < -0.39 is 9.84 Å². The second-order valence-electron chi connectivity index (χ2n) is 7.41. The van der Waals surface area contributed by atoms with Crippen molar-refractivity contribution >= 4 is 43.9 Å². The van der Waals surface area contributed by atoms with Gasteiger partial charge >= 0.3 is 0 Å². The highest BCUT2D eigenvalue weighted by Crippen LogP contribution is 2.29. The molecule has 0 fully saturated rings. The maximum atomic E-state index is 13.2. The summed E-state index contributed by atoms with van der Waals surface area (Å²) in [4.78, 5) is 12.8. The lowest BCUT2D eigenvalue weighted by Crippen LogP contribution is -2.18. The maximum absolute atomic E-state index is 13.2. The molecule has 0 spiro atoms. The highest BCUT2D eigenvalue weighted by Gasteiger charge is 2.23. The number of hydrogen-bond donors (Lipinski definition) is 1. The van der Waals surface area contributed by atoms with E-state index in [-0.39, 0.29) is 23.1 Å². The van der Waals surface area contributed by atoms with Gasteiger partial charge in [-0.2, -0.15) is 0 Å². The summed E-state index contributed by atoms with van der Waals surface area (Å²) in [5.41, 5.74) is 2.96. The Morgan fingerprint density at radius 2 is 1.74 bits per heavy atom. The van der Waals surface area contributed by atoms with Crippen LogP contribution in [0.25, 0.3) is 10.9 Å². The number of benzene rings is 3. The summed E-state index contributed by atoms with van der Waals surface area (Å²) in [6.45, 7) is 1.95. The lowest BCUT2D eigenvalue weighted by Gasteiger charge is -2.08. The molecule has 0 radical (unpaired) electrons. The molecule has 4 rings (SSSR count). The summed E-state index contributed by atoms with van der Waals surface area (Å²) in [5, 5.41) is 3.86. The zero-order valence-electron chi connectivity index (χ0n) is 16.9. The fourth-order valence-electron chi connectivity index (χ4n) is 3.57. The van der Waals surface area contributed by atoms with Gasteiger partial charge in [-0.1, -0.05) is 60.1 Å². The van der Waals surface area contributed by atoms with Crippen molar-refractivity contribution in [3.63, 3.8) is 0 Å². The Bertz CT molecular complexity index is 1380. The number of hydrogen-bond acceptors (Lipinski definition) is 3.